The summed E-state index contributed by atoms with van der Waals surface area (Å²) in [4.78, 5) is 29.5. The molecule has 154 valence electrons. The first-order valence-electron chi connectivity index (χ1n) is 10.1. The standard InChI is InChI=1S/C23H29N3O2S/c1-17(2)26(19-8-5-4-6-9-19)22(27)16-24-21-11-7-10-20(18(21)3)23(28)25-12-14-29-15-13-25/h4-11,17,24H,12-16H2,1-3H3. The molecule has 0 unspecified atom stereocenters. The van der Waals surface area contributed by atoms with Crippen molar-refractivity contribution >= 4 is 35.0 Å². The Morgan fingerprint density at radius 3 is 2.41 bits per heavy atom. The second-order valence-electron chi connectivity index (χ2n) is 7.43. The number of hydrogen-bond acceptors (Lipinski definition) is 4. The number of anilines is 2. The van der Waals surface area contributed by atoms with E-state index < -0.39 is 0 Å². The molecule has 1 saturated heterocycles. The molecule has 0 saturated carbocycles. The molecule has 0 atom stereocenters. The topological polar surface area (TPSA) is 52.7 Å². The van der Waals surface area contributed by atoms with Gasteiger partial charge in [0.1, 0.15) is 0 Å². The number of nitrogens with one attached hydrogen (secondary N) is 1. The molecule has 3 rings (SSSR count). The second kappa shape index (κ2) is 9.83. The highest BCUT2D eigenvalue weighted by molar-refractivity contribution is 7.99. The Kier molecular flexibility index (Phi) is 7.20. The van der Waals surface area contributed by atoms with Gasteiger partial charge in [-0.25, -0.2) is 0 Å². The van der Waals surface area contributed by atoms with Gasteiger partial charge in [0.15, 0.2) is 0 Å². The van der Waals surface area contributed by atoms with Gasteiger partial charge in [-0.1, -0.05) is 24.3 Å². The fraction of sp³-hybridized carbons (Fsp3) is 0.391. The Morgan fingerprint density at radius 2 is 1.76 bits per heavy atom. The molecule has 0 aliphatic carbocycles. The van der Waals surface area contributed by atoms with Crippen LogP contribution in [0.25, 0.3) is 0 Å². The van der Waals surface area contributed by atoms with Gasteiger partial charge in [0, 0.05) is 47.6 Å². The zero-order valence-electron chi connectivity index (χ0n) is 17.4. The van der Waals surface area contributed by atoms with E-state index in [4.69, 9.17) is 0 Å². The minimum Gasteiger partial charge on any atom is -0.376 e. The van der Waals surface area contributed by atoms with E-state index >= 15 is 0 Å². The van der Waals surface area contributed by atoms with E-state index in [2.05, 4.69) is 5.32 Å². The number of amides is 2. The maximum absolute atomic E-state index is 12.9. The molecule has 1 fully saturated rings. The lowest BCUT2D eigenvalue weighted by Crippen LogP contribution is -2.40. The maximum atomic E-state index is 12.9. The zero-order valence-corrected chi connectivity index (χ0v) is 18.2. The third-order valence-corrected chi connectivity index (χ3v) is 6.05. The van der Waals surface area contributed by atoms with Crippen molar-refractivity contribution in [1.82, 2.24) is 4.90 Å². The number of rotatable bonds is 6. The van der Waals surface area contributed by atoms with Gasteiger partial charge in [0.25, 0.3) is 5.91 Å². The normalized spacial score (nSPS) is 14.0. The van der Waals surface area contributed by atoms with Crippen molar-refractivity contribution in [2.45, 2.75) is 26.8 Å². The summed E-state index contributed by atoms with van der Waals surface area (Å²) in [5.41, 5.74) is 3.31. The van der Waals surface area contributed by atoms with Crippen LogP contribution < -0.4 is 10.2 Å². The first kappa shape index (κ1) is 21.2. The molecule has 1 aliphatic heterocycles. The summed E-state index contributed by atoms with van der Waals surface area (Å²) in [6.07, 6.45) is 0. The van der Waals surface area contributed by atoms with Crippen LogP contribution in [0.15, 0.2) is 48.5 Å². The molecular formula is C23H29N3O2S. The van der Waals surface area contributed by atoms with E-state index in [-0.39, 0.29) is 24.4 Å². The molecule has 2 amide bonds. The second-order valence-corrected chi connectivity index (χ2v) is 8.65. The molecule has 0 bridgehead atoms. The monoisotopic (exact) mass is 411 g/mol. The number of carbonyl (C=O) groups excluding carboxylic acids is 2. The number of thioether (sulfide) groups is 1. The predicted octanol–water partition coefficient (Wildman–Crippen LogP) is 4.04. The van der Waals surface area contributed by atoms with Gasteiger partial charge < -0.3 is 15.1 Å². The van der Waals surface area contributed by atoms with Gasteiger partial charge in [-0.05, 0) is 50.6 Å². The number of benzene rings is 2. The number of nitrogens with zero attached hydrogens (tertiary/aromatic N) is 2. The van der Waals surface area contributed by atoms with Crippen LogP contribution in [0.2, 0.25) is 0 Å². The highest BCUT2D eigenvalue weighted by atomic mass is 32.2. The van der Waals surface area contributed by atoms with Gasteiger partial charge in [-0.2, -0.15) is 11.8 Å². The fourth-order valence-corrected chi connectivity index (χ4v) is 4.47. The summed E-state index contributed by atoms with van der Waals surface area (Å²) in [5.74, 6) is 2.05. The summed E-state index contributed by atoms with van der Waals surface area (Å²) >= 11 is 1.88. The SMILES string of the molecule is Cc1c(NCC(=O)N(c2ccccc2)C(C)C)cccc1C(=O)N1CCSCC1. The summed E-state index contributed by atoms with van der Waals surface area (Å²) < 4.78 is 0. The highest BCUT2D eigenvalue weighted by Crippen LogP contribution is 2.23. The zero-order chi connectivity index (χ0) is 20.8. The smallest absolute Gasteiger partial charge is 0.254 e. The van der Waals surface area contributed by atoms with Gasteiger partial charge >= 0.3 is 0 Å². The van der Waals surface area contributed by atoms with Crippen molar-refractivity contribution in [2.75, 3.05) is 41.4 Å². The first-order chi connectivity index (χ1) is 14.0. The summed E-state index contributed by atoms with van der Waals surface area (Å²) in [6.45, 7) is 7.71. The highest BCUT2D eigenvalue weighted by Gasteiger charge is 2.22. The molecule has 0 radical (unpaired) electrons. The van der Waals surface area contributed by atoms with Crippen LogP contribution in [0.4, 0.5) is 11.4 Å². The number of para-hydroxylation sites is 1. The van der Waals surface area contributed by atoms with Gasteiger partial charge in [0.05, 0.1) is 6.54 Å². The summed E-state index contributed by atoms with van der Waals surface area (Å²) in [7, 11) is 0. The Labute approximate surface area is 177 Å². The Hall–Kier alpha value is -2.47. The van der Waals surface area contributed by atoms with Crippen LogP contribution in [0.3, 0.4) is 0 Å². The number of carbonyl (C=O) groups is 2. The molecule has 5 nitrogen and oxygen atoms in total. The maximum Gasteiger partial charge on any atom is 0.254 e. The van der Waals surface area contributed by atoms with E-state index in [1.807, 2.05) is 86.0 Å². The van der Waals surface area contributed by atoms with Gasteiger partial charge in [-0.15, -0.1) is 0 Å². The molecule has 29 heavy (non-hydrogen) atoms. The van der Waals surface area contributed by atoms with E-state index in [0.29, 0.717) is 5.56 Å². The minimum absolute atomic E-state index is 0.00427. The van der Waals surface area contributed by atoms with Crippen molar-refractivity contribution in [2.24, 2.45) is 0 Å². The summed E-state index contributed by atoms with van der Waals surface area (Å²) in [5, 5.41) is 3.25. The third kappa shape index (κ3) is 5.12. The lowest BCUT2D eigenvalue weighted by atomic mass is 10.1. The van der Waals surface area contributed by atoms with E-state index in [1.54, 1.807) is 4.90 Å². The first-order valence-corrected chi connectivity index (χ1v) is 11.2. The van der Waals surface area contributed by atoms with E-state index in [9.17, 15) is 9.59 Å². The van der Waals surface area contributed by atoms with Crippen LogP contribution in [-0.4, -0.2) is 53.9 Å². The molecule has 0 spiro atoms. The third-order valence-electron chi connectivity index (χ3n) is 5.11. The van der Waals surface area contributed by atoms with Crippen molar-refractivity contribution in [3.05, 3.63) is 59.7 Å². The molecule has 0 aromatic heterocycles. The molecular weight excluding hydrogens is 382 g/mol. The Bertz CT molecular complexity index is 848. The van der Waals surface area contributed by atoms with Crippen molar-refractivity contribution in [3.8, 4) is 0 Å². The average molecular weight is 412 g/mol. The molecule has 2 aromatic rings. The molecule has 6 heteroatoms. The molecule has 1 heterocycles. The van der Waals surface area contributed by atoms with Crippen LogP contribution >= 0.6 is 11.8 Å². The van der Waals surface area contributed by atoms with Crippen molar-refractivity contribution < 1.29 is 9.59 Å². The Balaban J connectivity index is 1.71. The van der Waals surface area contributed by atoms with Gasteiger partial charge in [0.2, 0.25) is 5.91 Å². The fourth-order valence-electron chi connectivity index (χ4n) is 3.57. The van der Waals surface area contributed by atoms with Crippen LogP contribution in [-0.2, 0) is 4.79 Å². The lowest BCUT2D eigenvalue weighted by Gasteiger charge is -2.28. The Morgan fingerprint density at radius 1 is 1.07 bits per heavy atom. The average Bonchev–Trinajstić information content (AvgIpc) is 2.74. The summed E-state index contributed by atoms with van der Waals surface area (Å²) in [6, 6.07) is 15.4. The minimum atomic E-state index is -0.00427. The largest absolute Gasteiger partial charge is 0.376 e. The van der Waals surface area contributed by atoms with E-state index in [1.165, 1.54) is 0 Å². The van der Waals surface area contributed by atoms with Crippen LogP contribution in [0.5, 0.6) is 0 Å². The van der Waals surface area contributed by atoms with Crippen LogP contribution in [0, 0.1) is 6.92 Å². The van der Waals surface area contributed by atoms with Crippen LogP contribution in [0.1, 0.15) is 29.8 Å². The molecule has 1 N–H and O–H groups in total. The predicted molar refractivity (Wildman–Crippen MR) is 122 cm³/mol. The molecule has 1 aliphatic rings. The van der Waals surface area contributed by atoms with E-state index in [0.717, 1.165) is 41.5 Å². The van der Waals surface area contributed by atoms with Gasteiger partial charge in [-0.3, -0.25) is 9.59 Å². The lowest BCUT2D eigenvalue weighted by molar-refractivity contribution is -0.117. The quantitative estimate of drug-likeness (QED) is 0.780. The van der Waals surface area contributed by atoms with Crippen molar-refractivity contribution in [3.63, 3.8) is 0 Å². The van der Waals surface area contributed by atoms with Crippen molar-refractivity contribution in [1.29, 1.82) is 0 Å². The number of hydrogen-bond donors (Lipinski definition) is 1. The molecule has 2 aromatic carbocycles.